The van der Waals surface area contributed by atoms with Crippen LogP contribution in [0.1, 0.15) is 39.7 Å². The first-order valence-corrected chi connectivity index (χ1v) is 6.86. The Balaban J connectivity index is 2.71. The van der Waals surface area contributed by atoms with E-state index in [1.54, 1.807) is 11.9 Å². The molecular formula is C16H26N2O. The molecule has 1 aromatic carbocycles. The van der Waals surface area contributed by atoms with Gasteiger partial charge in [0.25, 0.3) is 0 Å². The molecule has 1 aromatic rings. The highest BCUT2D eigenvalue weighted by Gasteiger charge is 2.24. The van der Waals surface area contributed by atoms with Gasteiger partial charge in [-0.05, 0) is 29.5 Å². The third kappa shape index (κ3) is 4.35. The van der Waals surface area contributed by atoms with E-state index in [4.69, 9.17) is 5.73 Å². The molecule has 0 fully saturated rings. The number of nitrogens with zero attached hydrogens (tertiary/aromatic N) is 1. The van der Waals surface area contributed by atoms with Crippen molar-refractivity contribution in [1.29, 1.82) is 0 Å². The Labute approximate surface area is 116 Å². The quantitative estimate of drug-likeness (QED) is 0.906. The Morgan fingerprint density at radius 3 is 2.21 bits per heavy atom. The maximum absolute atomic E-state index is 12.2. The summed E-state index contributed by atoms with van der Waals surface area (Å²) in [7, 11) is 1.80. The topological polar surface area (TPSA) is 46.3 Å². The average Bonchev–Trinajstić information content (AvgIpc) is 2.36. The monoisotopic (exact) mass is 262 g/mol. The highest BCUT2D eigenvalue weighted by atomic mass is 16.2. The van der Waals surface area contributed by atoms with Gasteiger partial charge >= 0.3 is 0 Å². The van der Waals surface area contributed by atoms with Crippen molar-refractivity contribution in [3.63, 3.8) is 0 Å². The molecule has 0 aliphatic carbocycles. The lowest BCUT2D eigenvalue weighted by Gasteiger charge is -2.28. The number of anilines is 1. The maximum Gasteiger partial charge on any atom is 0.228 e. The summed E-state index contributed by atoms with van der Waals surface area (Å²) in [6, 6.07) is 7.96. The number of rotatable bonds is 4. The fourth-order valence-electron chi connectivity index (χ4n) is 1.73. The molecule has 0 bridgehead atoms. The van der Waals surface area contributed by atoms with Crippen LogP contribution in [0.2, 0.25) is 0 Å². The minimum atomic E-state index is -0.127. The Kier molecular flexibility index (Phi) is 5.12. The molecule has 0 saturated carbocycles. The van der Waals surface area contributed by atoms with Crippen molar-refractivity contribution in [3.8, 4) is 0 Å². The summed E-state index contributed by atoms with van der Waals surface area (Å²) in [4.78, 5) is 13.9. The first-order valence-electron chi connectivity index (χ1n) is 6.86. The van der Waals surface area contributed by atoms with E-state index in [0.717, 1.165) is 12.1 Å². The van der Waals surface area contributed by atoms with Gasteiger partial charge in [-0.3, -0.25) is 4.79 Å². The van der Waals surface area contributed by atoms with Crippen LogP contribution >= 0.6 is 0 Å². The molecule has 2 N–H and O–H groups in total. The predicted octanol–water partition coefficient (Wildman–Crippen LogP) is 2.98. The van der Waals surface area contributed by atoms with Gasteiger partial charge in [0.05, 0.1) is 0 Å². The van der Waals surface area contributed by atoms with Crippen LogP contribution in [0.15, 0.2) is 24.3 Å². The Morgan fingerprint density at radius 1 is 1.26 bits per heavy atom. The molecule has 3 heteroatoms. The summed E-state index contributed by atoms with van der Waals surface area (Å²) in [5.41, 5.74) is 8.21. The molecule has 19 heavy (non-hydrogen) atoms. The zero-order valence-corrected chi connectivity index (χ0v) is 12.7. The van der Waals surface area contributed by atoms with Gasteiger partial charge in [-0.25, -0.2) is 0 Å². The fourth-order valence-corrected chi connectivity index (χ4v) is 1.73. The molecule has 0 aromatic heterocycles. The van der Waals surface area contributed by atoms with Crippen molar-refractivity contribution in [2.75, 3.05) is 11.9 Å². The first kappa shape index (κ1) is 15.7. The Hall–Kier alpha value is -1.35. The first-order chi connectivity index (χ1) is 8.75. The minimum Gasteiger partial charge on any atom is -0.327 e. The number of nitrogens with two attached hydrogens (primary N) is 1. The van der Waals surface area contributed by atoms with Gasteiger partial charge in [0.15, 0.2) is 0 Å². The minimum absolute atomic E-state index is 0.0530. The smallest absolute Gasteiger partial charge is 0.228 e. The van der Waals surface area contributed by atoms with Gasteiger partial charge in [-0.1, -0.05) is 39.8 Å². The van der Waals surface area contributed by atoms with Crippen LogP contribution in [-0.2, 0) is 11.2 Å². The molecule has 0 spiro atoms. The van der Waals surface area contributed by atoms with E-state index in [0.29, 0.717) is 6.42 Å². The van der Waals surface area contributed by atoms with Crippen LogP contribution in [0.5, 0.6) is 0 Å². The number of amides is 1. The second-order valence-electron chi connectivity index (χ2n) is 6.15. The summed E-state index contributed by atoms with van der Waals surface area (Å²) >= 11 is 0. The lowest BCUT2D eigenvalue weighted by Crippen LogP contribution is -2.40. The van der Waals surface area contributed by atoms with Crippen LogP contribution in [0, 0.1) is 5.41 Å². The summed E-state index contributed by atoms with van der Waals surface area (Å²) < 4.78 is 0. The van der Waals surface area contributed by atoms with E-state index >= 15 is 0 Å². The predicted molar refractivity (Wildman–Crippen MR) is 81.3 cm³/mol. The van der Waals surface area contributed by atoms with Gasteiger partial charge in [-0.15, -0.1) is 0 Å². The SMILES string of the molecule is CCc1ccc(N(C)C(=O)CC(N)C(C)(C)C)cc1. The van der Waals surface area contributed by atoms with Gasteiger partial charge in [0.1, 0.15) is 0 Å². The van der Waals surface area contributed by atoms with Crippen molar-refractivity contribution in [1.82, 2.24) is 0 Å². The standard InChI is InChI=1S/C16H26N2O/c1-6-12-7-9-13(10-8-12)18(5)15(19)11-14(17)16(2,3)4/h7-10,14H,6,11,17H2,1-5H3. The zero-order chi connectivity index (χ0) is 14.6. The largest absolute Gasteiger partial charge is 0.327 e. The summed E-state index contributed by atoms with van der Waals surface area (Å²) in [6.45, 7) is 8.29. The van der Waals surface area contributed by atoms with Crippen molar-refractivity contribution in [3.05, 3.63) is 29.8 Å². The fraction of sp³-hybridized carbons (Fsp3) is 0.562. The number of hydrogen-bond donors (Lipinski definition) is 1. The molecule has 0 aliphatic rings. The molecule has 0 radical (unpaired) electrons. The summed E-state index contributed by atoms with van der Waals surface area (Å²) in [5, 5.41) is 0. The number of hydrogen-bond acceptors (Lipinski definition) is 2. The van der Waals surface area contributed by atoms with Gasteiger partial charge in [-0.2, -0.15) is 0 Å². The summed E-state index contributed by atoms with van der Waals surface area (Å²) in [5.74, 6) is 0.0617. The maximum atomic E-state index is 12.2. The molecule has 106 valence electrons. The average molecular weight is 262 g/mol. The number of benzene rings is 1. The number of aryl methyl sites for hydroxylation is 1. The van der Waals surface area contributed by atoms with E-state index < -0.39 is 0 Å². The van der Waals surface area contributed by atoms with Crippen molar-refractivity contribution in [2.45, 2.75) is 46.6 Å². The Morgan fingerprint density at radius 2 is 1.79 bits per heavy atom. The van der Waals surface area contributed by atoms with Crippen molar-refractivity contribution < 1.29 is 4.79 Å². The van der Waals surface area contributed by atoms with Crippen LogP contribution < -0.4 is 10.6 Å². The third-order valence-corrected chi connectivity index (χ3v) is 3.61. The van der Waals surface area contributed by atoms with Crippen molar-refractivity contribution in [2.24, 2.45) is 11.1 Å². The molecule has 1 unspecified atom stereocenters. The van der Waals surface area contributed by atoms with Gasteiger partial charge in [0.2, 0.25) is 5.91 Å². The lowest BCUT2D eigenvalue weighted by atomic mass is 9.85. The molecule has 0 heterocycles. The third-order valence-electron chi connectivity index (χ3n) is 3.61. The molecule has 0 aliphatic heterocycles. The second-order valence-corrected chi connectivity index (χ2v) is 6.15. The second kappa shape index (κ2) is 6.20. The molecule has 1 amide bonds. The molecule has 3 nitrogen and oxygen atoms in total. The normalized spacial score (nSPS) is 13.2. The zero-order valence-electron chi connectivity index (χ0n) is 12.7. The van der Waals surface area contributed by atoms with E-state index in [9.17, 15) is 4.79 Å². The van der Waals surface area contributed by atoms with Crippen molar-refractivity contribution >= 4 is 11.6 Å². The van der Waals surface area contributed by atoms with Crippen LogP contribution in [0.4, 0.5) is 5.69 Å². The molecule has 1 atom stereocenters. The van der Waals surface area contributed by atoms with E-state index in [1.807, 2.05) is 12.1 Å². The van der Waals surface area contributed by atoms with Crippen LogP contribution in [-0.4, -0.2) is 19.0 Å². The summed E-state index contributed by atoms with van der Waals surface area (Å²) in [6.07, 6.45) is 1.38. The Bertz CT molecular complexity index is 417. The molecule has 1 rings (SSSR count). The van der Waals surface area contributed by atoms with Gasteiger partial charge in [0, 0.05) is 25.2 Å². The van der Waals surface area contributed by atoms with E-state index in [-0.39, 0.29) is 17.4 Å². The highest BCUT2D eigenvalue weighted by molar-refractivity contribution is 5.93. The van der Waals surface area contributed by atoms with E-state index in [2.05, 4.69) is 39.8 Å². The van der Waals surface area contributed by atoms with E-state index in [1.165, 1.54) is 5.56 Å². The number of carbonyl (C=O) groups excluding carboxylic acids is 1. The number of carbonyl (C=O) groups is 1. The lowest BCUT2D eigenvalue weighted by molar-refractivity contribution is -0.119. The molecule has 0 saturated heterocycles. The van der Waals surface area contributed by atoms with Gasteiger partial charge < -0.3 is 10.6 Å². The van der Waals surface area contributed by atoms with Crippen LogP contribution in [0.3, 0.4) is 0 Å². The van der Waals surface area contributed by atoms with Crippen LogP contribution in [0.25, 0.3) is 0 Å². The molecular weight excluding hydrogens is 236 g/mol. The highest BCUT2D eigenvalue weighted by Crippen LogP contribution is 2.22.